The van der Waals surface area contributed by atoms with Gasteiger partial charge in [0.05, 0.1) is 6.04 Å². The summed E-state index contributed by atoms with van der Waals surface area (Å²) in [5.41, 5.74) is 2.32. The molecule has 0 saturated carbocycles. The van der Waals surface area contributed by atoms with Gasteiger partial charge in [0, 0.05) is 6.42 Å². The normalized spacial score (nSPS) is 20.9. The number of hydrogen-bond acceptors (Lipinski definition) is 2. The number of benzene rings is 1. The summed E-state index contributed by atoms with van der Waals surface area (Å²) < 4.78 is 0. The van der Waals surface area contributed by atoms with Crippen molar-refractivity contribution in [3.63, 3.8) is 0 Å². The van der Waals surface area contributed by atoms with Crippen LogP contribution >= 0.6 is 12.4 Å². The van der Waals surface area contributed by atoms with Crippen molar-refractivity contribution in [1.29, 1.82) is 0 Å². The summed E-state index contributed by atoms with van der Waals surface area (Å²) in [6, 6.07) is 8.10. The maximum absolute atomic E-state index is 11.6. The van der Waals surface area contributed by atoms with Crippen molar-refractivity contribution in [3.05, 3.63) is 35.4 Å². The molecule has 0 bridgehead atoms. The molecule has 2 nitrogen and oxygen atoms in total. The lowest BCUT2D eigenvalue weighted by Crippen LogP contribution is -2.34. The lowest BCUT2D eigenvalue weighted by molar-refractivity contribution is -0.122. The number of piperidine rings is 1. The van der Waals surface area contributed by atoms with E-state index in [1.807, 2.05) is 12.1 Å². The fraction of sp³-hybridized carbons (Fsp3) is 0.417. The summed E-state index contributed by atoms with van der Waals surface area (Å²) in [5.74, 6) is 0.321. The smallest absolute Gasteiger partial charge is 0.154 e. The van der Waals surface area contributed by atoms with Crippen LogP contribution in [0.1, 0.15) is 30.0 Å². The topological polar surface area (TPSA) is 29.1 Å². The molecule has 1 aliphatic rings. The van der Waals surface area contributed by atoms with E-state index in [0.29, 0.717) is 12.2 Å². The molecular weight excluding hydrogens is 210 g/mol. The van der Waals surface area contributed by atoms with Crippen LogP contribution in [0.2, 0.25) is 0 Å². The summed E-state index contributed by atoms with van der Waals surface area (Å²) in [5, 5.41) is 3.26. The lowest BCUT2D eigenvalue weighted by atomic mass is 9.95. The summed E-state index contributed by atoms with van der Waals surface area (Å²) in [7, 11) is 0. The van der Waals surface area contributed by atoms with Crippen LogP contribution in [0.3, 0.4) is 0 Å². The molecule has 0 aliphatic carbocycles. The highest BCUT2D eigenvalue weighted by Gasteiger charge is 2.22. The highest BCUT2D eigenvalue weighted by molar-refractivity contribution is 5.86. The Bertz CT molecular complexity index is 351. The van der Waals surface area contributed by atoms with E-state index < -0.39 is 0 Å². The molecular formula is C12H16ClNO. The zero-order chi connectivity index (χ0) is 9.97. The first-order valence-electron chi connectivity index (χ1n) is 5.10. The number of rotatable bonds is 1. The Kier molecular flexibility index (Phi) is 4.30. The predicted octanol–water partition coefficient (Wildman–Crippen LogP) is 2.41. The summed E-state index contributed by atoms with van der Waals surface area (Å²) in [4.78, 5) is 11.6. The number of nitrogens with one attached hydrogen (secondary N) is 1. The molecule has 1 heterocycles. The van der Waals surface area contributed by atoms with Crippen molar-refractivity contribution in [2.75, 3.05) is 6.54 Å². The molecule has 1 aliphatic heterocycles. The van der Waals surface area contributed by atoms with Gasteiger partial charge >= 0.3 is 0 Å². The van der Waals surface area contributed by atoms with Crippen LogP contribution in [0, 0.1) is 6.92 Å². The zero-order valence-electron chi connectivity index (χ0n) is 8.82. The van der Waals surface area contributed by atoms with Gasteiger partial charge < -0.3 is 5.32 Å². The average molecular weight is 226 g/mol. The third-order valence-corrected chi connectivity index (χ3v) is 2.65. The Hall–Kier alpha value is -0.860. The Morgan fingerprint density at radius 3 is 2.87 bits per heavy atom. The largest absolute Gasteiger partial charge is 0.304 e. The van der Waals surface area contributed by atoms with E-state index in [4.69, 9.17) is 0 Å². The van der Waals surface area contributed by atoms with Crippen LogP contribution in [-0.4, -0.2) is 12.3 Å². The van der Waals surface area contributed by atoms with E-state index in [2.05, 4.69) is 24.4 Å². The van der Waals surface area contributed by atoms with Gasteiger partial charge in [-0.15, -0.1) is 12.4 Å². The molecule has 0 radical (unpaired) electrons. The molecule has 1 aromatic rings. The van der Waals surface area contributed by atoms with Crippen molar-refractivity contribution >= 4 is 18.2 Å². The standard InChI is InChI=1S/C12H15NO.ClH/c1-9-4-2-5-10(8-9)12-11(14)6-3-7-13-12;/h2,4-5,8,12-13H,3,6-7H2,1H3;1H. The number of halogens is 1. The SMILES string of the molecule is Cc1cccc(C2NCCCC2=O)c1.Cl. The van der Waals surface area contributed by atoms with E-state index in [0.717, 1.165) is 18.5 Å². The minimum Gasteiger partial charge on any atom is -0.304 e. The van der Waals surface area contributed by atoms with Gasteiger partial charge in [0.15, 0.2) is 5.78 Å². The van der Waals surface area contributed by atoms with Gasteiger partial charge in [0.25, 0.3) is 0 Å². The summed E-state index contributed by atoms with van der Waals surface area (Å²) in [6.07, 6.45) is 1.69. The Morgan fingerprint density at radius 1 is 1.40 bits per heavy atom. The average Bonchev–Trinajstić information content (AvgIpc) is 2.18. The lowest BCUT2D eigenvalue weighted by Gasteiger charge is -2.22. The van der Waals surface area contributed by atoms with Gasteiger partial charge in [0.2, 0.25) is 0 Å². The van der Waals surface area contributed by atoms with E-state index >= 15 is 0 Å². The monoisotopic (exact) mass is 225 g/mol. The molecule has 1 atom stereocenters. The maximum Gasteiger partial charge on any atom is 0.154 e. The quantitative estimate of drug-likeness (QED) is 0.796. The molecule has 1 saturated heterocycles. The minimum atomic E-state index is -0.0661. The van der Waals surface area contributed by atoms with E-state index in [-0.39, 0.29) is 18.4 Å². The molecule has 0 spiro atoms. The summed E-state index contributed by atoms with van der Waals surface area (Å²) >= 11 is 0. The summed E-state index contributed by atoms with van der Waals surface area (Å²) in [6.45, 7) is 3.00. The molecule has 2 rings (SSSR count). The number of ketones is 1. The first kappa shape index (κ1) is 12.2. The van der Waals surface area contributed by atoms with Gasteiger partial charge in [-0.3, -0.25) is 4.79 Å². The van der Waals surface area contributed by atoms with Crippen LogP contribution < -0.4 is 5.32 Å². The van der Waals surface area contributed by atoms with Crippen LogP contribution in [0.25, 0.3) is 0 Å². The second-order valence-corrected chi connectivity index (χ2v) is 3.87. The van der Waals surface area contributed by atoms with Crippen molar-refractivity contribution in [2.24, 2.45) is 0 Å². The third-order valence-electron chi connectivity index (χ3n) is 2.65. The highest BCUT2D eigenvalue weighted by atomic mass is 35.5. The Morgan fingerprint density at radius 2 is 2.20 bits per heavy atom. The maximum atomic E-state index is 11.6. The highest BCUT2D eigenvalue weighted by Crippen LogP contribution is 2.20. The minimum absolute atomic E-state index is 0. The van der Waals surface area contributed by atoms with E-state index in [1.54, 1.807) is 0 Å². The molecule has 0 aromatic heterocycles. The van der Waals surface area contributed by atoms with Crippen molar-refractivity contribution in [2.45, 2.75) is 25.8 Å². The van der Waals surface area contributed by atoms with Gasteiger partial charge in [-0.1, -0.05) is 29.8 Å². The zero-order valence-corrected chi connectivity index (χ0v) is 9.64. The van der Waals surface area contributed by atoms with Crippen molar-refractivity contribution in [1.82, 2.24) is 5.32 Å². The predicted molar refractivity (Wildman–Crippen MR) is 63.4 cm³/mol. The van der Waals surface area contributed by atoms with E-state index in [1.165, 1.54) is 5.56 Å². The second kappa shape index (κ2) is 5.29. The number of aryl methyl sites for hydroxylation is 1. The van der Waals surface area contributed by atoms with Gasteiger partial charge in [-0.25, -0.2) is 0 Å². The Balaban J connectivity index is 0.00000112. The van der Waals surface area contributed by atoms with Crippen molar-refractivity contribution < 1.29 is 4.79 Å². The van der Waals surface area contributed by atoms with Crippen LogP contribution in [0.15, 0.2) is 24.3 Å². The molecule has 1 unspecified atom stereocenters. The number of Topliss-reactive ketones (excluding diaryl/α,β-unsaturated/α-hetero) is 1. The first-order chi connectivity index (χ1) is 6.77. The first-order valence-corrected chi connectivity index (χ1v) is 5.10. The number of hydrogen-bond donors (Lipinski definition) is 1. The molecule has 1 fully saturated rings. The van der Waals surface area contributed by atoms with Crippen LogP contribution in [0.5, 0.6) is 0 Å². The molecule has 15 heavy (non-hydrogen) atoms. The number of carbonyl (C=O) groups is 1. The molecule has 82 valence electrons. The van der Waals surface area contributed by atoms with Gasteiger partial charge in [0.1, 0.15) is 0 Å². The number of carbonyl (C=O) groups excluding carboxylic acids is 1. The molecule has 1 aromatic carbocycles. The van der Waals surface area contributed by atoms with E-state index in [9.17, 15) is 4.79 Å². The van der Waals surface area contributed by atoms with Gasteiger partial charge in [-0.2, -0.15) is 0 Å². The molecule has 3 heteroatoms. The fourth-order valence-electron chi connectivity index (χ4n) is 1.92. The Labute approximate surface area is 96.5 Å². The van der Waals surface area contributed by atoms with Crippen molar-refractivity contribution in [3.8, 4) is 0 Å². The molecule has 0 amide bonds. The van der Waals surface area contributed by atoms with Crippen LogP contribution in [-0.2, 0) is 4.79 Å². The molecule has 1 N–H and O–H groups in total. The van der Waals surface area contributed by atoms with Gasteiger partial charge in [-0.05, 0) is 25.5 Å². The third kappa shape index (κ3) is 2.80. The van der Waals surface area contributed by atoms with Crippen LogP contribution in [0.4, 0.5) is 0 Å². The fourth-order valence-corrected chi connectivity index (χ4v) is 1.92. The second-order valence-electron chi connectivity index (χ2n) is 3.87.